The molecule has 21 fully saturated rings. The fourth-order valence-corrected chi connectivity index (χ4v) is 12.1. The zero-order chi connectivity index (χ0) is 62.5. The summed E-state index contributed by atoms with van der Waals surface area (Å²) in [4.78, 5) is -0.516. The minimum absolute atomic E-state index is 0.516. The summed E-state index contributed by atoms with van der Waals surface area (Å²) in [5.74, 6) is 0. The second-order valence-corrected chi connectivity index (χ2v) is 23.2. The van der Waals surface area contributed by atoms with Crippen LogP contribution in [0.15, 0.2) is 29.2 Å². The van der Waals surface area contributed by atoms with Crippen LogP contribution in [0.2, 0.25) is 0 Å². The number of hydrogen-bond donors (Lipinski definition) is 20. The quantitative estimate of drug-likeness (QED) is 0.102. The highest BCUT2D eigenvalue weighted by molar-refractivity contribution is 7.86. The van der Waals surface area contributed by atoms with Gasteiger partial charge in [-0.05, 0) is 19.1 Å². The minimum Gasteiger partial charge on any atom is -0.394 e. The smallest absolute Gasteiger partial charge is 0.299 e. The molecule has 21 saturated heterocycles. The van der Waals surface area contributed by atoms with Crippen molar-refractivity contribution in [3.8, 4) is 0 Å². The maximum absolute atomic E-state index is 13.8. The molecule has 1 aromatic rings. The summed E-state index contributed by atoms with van der Waals surface area (Å²) in [7, 11) is -5.02. The van der Waals surface area contributed by atoms with Crippen molar-refractivity contribution < 1.29 is 181 Å². The maximum Gasteiger partial charge on any atom is 0.299 e. The van der Waals surface area contributed by atoms with E-state index in [1.165, 1.54) is 12.1 Å². The Morgan fingerprint density at radius 3 is 0.721 bits per heavy atom. The number of aliphatic hydroxyl groups is 20. The summed E-state index contributed by atoms with van der Waals surface area (Å²) < 4.78 is 113. The van der Waals surface area contributed by atoms with Gasteiger partial charge in [-0.25, -0.2) is 4.18 Å². The Bertz CT molecular complexity index is 2410. The molecule has 86 heavy (non-hydrogen) atoms. The summed E-state index contributed by atoms with van der Waals surface area (Å²) in [6, 6.07) is 4.98. The average Bonchev–Trinajstić information content (AvgIpc) is 1.72. The standard InChI is InChI=1S/C48H74O37S/c1-12-2-4-13(5-3-12)86(69,70)85-48-40-26(61)33(68)47(84-48)82-39-19(11-54)75-45(31(66)24(39)59)80-37-17(9-52)73-43(29(64)22(37)57)78-35-15(7-50)71-41(27(62)20(35)55)77-34-14(6-49)72-42(28(63)21(34)56)79-36-16(8-51)74-44(30(65)23(36)58)81-38-18(10-53)76-46(83-40)32(67)25(38)60/h2-5,14-68H,6-11H2,1H3/t14-,15-,16-,17-,18-,19-,20-,21-,22-,23-,24-,25-,26-,27-,28-,29-,30-,31-,32-,33-,34-,35-,36-,37-,38-,39-,40+,41-,42-,43-,44-,45-,46-,47-,48-/m1/s1. The number of benzene rings is 1. The van der Waals surface area contributed by atoms with Crippen LogP contribution in [0.3, 0.4) is 0 Å². The SMILES string of the molecule is Cc1ccc(S(=O)(=O)O[C@H]2O[C@H]3O[C@H]4[C@H](O)[C@@H](O)[C@@H](O[C@H]5[C@H](O)[C@@H](O)[C@@H](O[C@H]6[C@H](O)[C@@H](O)[C@@H](O[C@H]7[C@H](O)[C@@H](O)[C@@H](O[C@H]8[C@H](O)[C@@H](O)[C@@H](O[C@H]9[C@H](O)[C@@H](O)[C@@H](O[C@H]2[C@H](O)[C@H]3O)O[C@@H]9CO)O[C@@H]8CO)O[C@@H]7CO)O[C@@H]6CO)O[C@@H]5CO)O[C@@H]4CO)cc1. The summed E-state index contributed by atoms with van der Waals surface area (Å²) in [6.45, 7) is -4.99. The largest absolute Gasteiger partial charge is 0.394 e. The first kappa shape index (κ1) is 68.1. The van der Waals surface area contributed by atoms with Crippen LogP contribution in [-0.4, -0.2) is 365 Å². The van der Waals surface area contributed by atoms with Crippen LogP contribution >= 0.6 is 0 Å². The van der Waals surface area contributed by atoms with E-state index in [0.29, 0.717) is 5.56 Å². The van der Waals surface area contributed by atoms with Gasteiger partial charge in [0.25, 0.3) is 10.1 Å². The molecule has 1 aromatic carbocycles. The van der Waals surface area contributed by atoms with E-state index in [1.807, 2.05) is 0 Å². The molecule has 0 saturated carbocycles. The van der Waals surface area contributed by atoms with Gasteiger partial charge in [0.1, 0.15) is 165 Å². The first-order chi connectivity index (χ1) is 40.8. The van der Waals surface area contributed by atoms with Crippen molar-refractivity contribution in [1.82, 2.24) is 0 Å². The molecule has 37 nitrogen and oxygen atoms in total. The molecule has 0 amide bonds. The van der Waals surface area contributed by atoms with Crippen molar-refractivity contribution >= 4 is 10.1 Å². The number of hydrogen-bond acceptors (Lipinski definition) is 37. The predicted molar refractivity (Wildman–Crippen MR) is 261 cm³/mol. The van der Waals surface area contributed by atoms with E-state index in [4.69, 9.17) is 70.5 Å². The molecular weight excluding hydrogens is 1200 g/mol. The van der Waals surface area contributed by atoms with Crippen molar-refractivity contribution in [3.63, 3.8) is 0 Å². The molecule has 0 aromatic heterocycles. The molecule has 21 heterocycles. The van der Waals surface area contributed by atoms with Crippen molar-refractivity contribution in [2.45, 2.75) is 227 Å². The van der Waals surface area contributed by atoms with Gasteiger partial charge in [0, 0.05) is 0 Å². The van der Waals surface area contributed by atoms with Crippen LogP contribution in [0.4, 0.5) is 0 Å². The van der Waals surface area contributed by atoms with Gasteiger partial charge >= 0.3 is 0 Å². The Morgan fingerprint density at radius 2 is 0.500 bits per heavy atom. The first-order valence-electron chi connectivity index (χ1n) is 27.2. The Balaban J connectivity index is 1.03. The third kappa shape index (κ3) is 13.5. The van der Waals surface area contributed by atoms with E-state index in [1.54, 1.807) is 6.92 Å². The van der Waals surface area contributed by atoms with Gasteiger partial charge in [0.2, 0.25) is 6.29 Å². The normalized spacial score (nSPS) is 51.0. The van der Waals surface area contributed by atoms with Crippen LogP contribution in [-0.2, 0) is 80.6 Å². The first-order valence-corrected chi connectivity index (χ1v) is 28.6. The topological polar surface area (TPSA) is 577 Å². The highest BCUT2D eigenvalue weighted by atomic mass is 32.2. The number of aliphatic hydroxyl groups excluding tert-OH is 20. The number of aryl methyl sites for hydroxylation is 1. The Morgan fingerprint density at radius 1 is 0.302 bits per heavy atom. The van der Waals surface area contributed by atoms with Crippen LogP contribution in [0, 0.1) is 6.92 Å². The predicted octanol–water partition coefficient (Wildman–Crippen LogP) is -13.6. The van der Waals surface area contributed by atoms with Crippen molar-refractivity contribution in [3.05, 3.63) is 29.8 Å². The number of rotatable bonds is 9. The summed E-state index contributed by atoms with van der Waals surface area (Å²) >= 11 is 0. The van der Waals surface area contributed by atoms with Crippen LogP contribution in [0.25, 0.3) is 0 Å². The monoisotopic (exact) mass is 1270 g/mol. The summed E-state index contributed by atoms with van der Waals surface area (Å²) in [5, 5.41) is 223. The minimum atomic E-state index is -5.02. The molecule has 38 heteroatoms. The lowest BCUT2D eigenvalue weighted by molar-refractivity contribution is -0.406. The van der Waals surface area contributed by atoms with Crippen LogP contribution in [0.1, 0.15) is 5.56 Å². The third-order valence-corrected chi connectivity index (χ3v) is 17.3. The fraction of sp³-hybridized carbons (Fsp3) is 0.875. The lowest BCUT2D eigenvalue weighted by Gasteiger charge is -2.50. The van der Waals surface area contributed by atoms with E-state index in [0.717, 1.165) is 12.1 Å². The van der Waals surface area contributed by atoms with Gasteiger partial charge in [-0.2, -0.15) is 8.42 Å². The Hall–Kier alpha value is -2.23. The molecule has 22 rings (SSSR count). The molecule has 0 unspecified atom stereocenters. The zero-order valence-electron chi connectivity index (χ0n) is 45.1. The molecule has 35 atom stereocenters. The van der Waals surface area contributed by atoms with Gasteiger partial charge in [0.05, 0.1) is 44.5 Å². The van der Waals surface area contributed by atoms with Gasteiger partial charge in [-0.1, -0.05) is 17.7 Å². The molecule has 21 aliphatic heterocycles. The summed E-state index contributed by atoms with van der Waals surface area (Å²) in [5.41, 5.74) is 0.596. The molecule has 21 aliphatic rings. The molecule has 0 radical (unpaired) electrons. The van der Waals surface area contributed by atoms with Gasteiger partial charge in [-0.15, -0.1) is 0 Å². The van der Waals surface area contributed by atoms with Crippen molar-refractivity contribution in [2.24, 2.45) is 0 Å². The molecule has 14 bridgehead atoms. The highest BCUT2D eigenvalue weighted by Gasteiger charge is 2.60. The maximum atomic E-state index is 13.8. The van der Waals surface area contributed by atoms with E-state index in [9.17, 15) is 111 Å². The molecule has 0 spiro atoms. The van der Waals surface area contributed by atoms with Gasteiger partial charge in [-0.3, -0.25) is 0 Å². The van der Waals surface area contributed by atoms with Gasteiger partial charge in [0.15, 0.2) is 44.0 Å². The third-order valence-electron chi connectivity index (χ3n) is 16.0. The fourth-order valence-electron chi connectivity index (χ4n) is 11.1. The lowest BCUT2D eigenvalue weighted by atomic mass is 9.95. The Labute approximate surface area is 486 Å². The van der Waals surface area contributed by atoms with Gasteiger partial charge < -0.3 is 168 Å². The Kier molecular flexibility index (Phi) is 22.4. The summed E-state index contributed by atoms with van der Waals surface area (Å²) in [6.07, 6.45) is -74.6. The molecular formula is C48H74O37S. The van der Waals surface area contributed by atoms with E-state index in [2.05, 4.69) is 0 Å². The zero-order valence-corrected chi connectivity index (χ0v) is 45.9. The van der Waals surface area contributed by atoms with Crippen molar-refractivity contribution in [1.29, 1.82) is 0 Å². The van der Waals surface area contributed by atoms with Crippen molar-refractivity contribution in [2.75, 3.05) is 39.6 Å². The van der Waals surface area contributed by atoms with E-state index < -0.39 is 270 Å². The van der Waals surface area contributed by atoms with E-state index >= 15 is 0 Å². The highest BCUT2D eigenvalue weighted by Crippen LogP contribution is 2.39. The van der Waals surface area contributed by atoms with E-state index in [-0.39, 0.29) is 0 Å². The second kappa shape index (κ2) is 28.3. The van der Waals surface area contributed by atoms with Crippen LogP contribution in [0.5, 0.6) is 0 Å². The average molecular weight is 1280 g/mol. The molecule has 494 valence electrons. The van der Waals surface area contributed by atoms with Crippen LogP contribution < -0.4 is 0 Å². The molecule has 0 aliphatic carbocycles. The number of ether oxygens (including phenoxy) is 14. The lowest BCUT2D eigenvalue weighted by Crippen LogP contribution is -2.68. The molecule has 20 N–H and O–H groups in total. The second-order valence-electron chi connectivity index (χ2n) is 21.7.